The van der Waals surface area contributed by atoms with Gasteiger partial charge in [0, 0.05) is 6.26 Å². The lowest BCUT2D eigenvalue weighted by molar-refractivity contribution is 0.0599. The quantitative estimate of drug-likeness (QED) is 0.757. The summed E-state index contributed by atoms with van der Waals surface area (Å²) in [5.74, 6) is -0.518. The van der Waals surface area contributed by atoms with Crippen LogP contribution in [0.25, 0.3) is 0 Å². The minimum Gasteiger partial charge on any atom is -0.465 e. The molecular formula is C12H16O4S. The highest BCUT2D eigenvalue weighted by molar-refractivity contribution is 7.90. The Bertz CT molecular complexity index is 571. The lowest BCUT2D eigenvalue weighted by Crippen LogP contribution is -2.10. The Hall–Kier alpha value is -1.36. The summed E-state index contributed by atoms with van der Waals surface area (Å²) >= 11 is 0. The Morgan fingerprint density at radius 2 is 1.65 bits per heavy atom. The third-order valence-corrected chi connectivity index (χ3v) is 4.20. The van der Waals surface area contributed by atoms with Crippen molar-refractivity contribution in [3.63, 3.8) is 0 Å². The van der Waals surface area contributed by atoms with Crippen molar-refractivity contribution in [2.75, 3.05) is 13.4 Å². The summed E-state index contributed by atoms with van der Waals surface area (Å²) in [7, 11) is -2.07. The van der Waals surface area contributed by atoms with E-state index in [1.165, 1.54) is 13.2 Å². The molecule has 0 fully saturated rings. The predicted molar refractivity (Wildman–Crippen MR) is 65.1 cm³/mol. The number of carbonyl (C=O) groups is 1. The summed E-state index contributed by atoms with van der Waals surface area (Å²) in [6, 6.07) is 1.39. The molecule has 0 radical (unpaired) electrons. The summed E-state index contributed by atoms with van der Waals surface area (Å²) in [5.41, 5.74) is 2.53. The first-order valence-corrected chi connectivity index (χ1v) is 6.98. The molecule has 0 aliphatic heterocycles. The number of ether oxygens (including phenoxy) is 1. The highest BCUT2D eigenvalue weighted by Crippen LogP contribution is 2.25. The fourth-order valence-electron chi connectivity index (χ4n) is 1.72. The van der Waals surface area contributed by atoms with Crippen LogP contribution in [0.4, 0.5) is 0 Å². The fraction of sp³-hybridized carbons (Fsp3) is 0.417. The molecule has 94 valence electrons. The maximum atomic E-state index is 11.6. The number of rotatable bonds is 2. The van der Waals surface area contributed by atoms with Gasteiger partial charge in [-0.2, -0.15) is 0 Å². The van der Waals surface area contributed by atoms with Crippen LogP contribution >= 0.6 is 0 Å². The minimum absolute atomic E-state index is 0.181. The average molecular weight is 256 g/mol. The van der Waals surface area contributed by atoms with E-state index in [-0.39, 0.29) is 4.90 Å². The lowest BCUT2D eigenvalue weighted by Gasteiger charge is -2.13. The van der Waals surface area contributed by atoms with E-state index in [0.717, 1.165) is 17.4 Å². The van der Waals surface area contributed by atoms with Gasteiger partial charge in [-0.3, -0.25) is 0 Å². The number of methoxy groups -OCH3 is 1. The van der Waals surface area contributed by atoms with Gasteiger partial charge in [-0.1, -0.05) is 0 Å². The van der Waals surface area contributed by atoms with Gasteiger partial charge >= 0.3 is 5.97 Å². The van der Waals surface area contributed by atoms with E-state index >= 15 is 0 Å². The monoisotopic (exact) mass is 256 g/mol. The zero-order valence-corrected chi connectivity index (χ0v) is 11.4. The summed E-state index contributed by atoms with van der Waals surface area (Å²) < 4.78 is 27.9. The number of benzene rings is 1. The first-order valence-electron chi connectivity index (χ1n) is 5.09. The molecule has 17 heavy (non-hydrogen) atoms. The number of esters is 1. The molecule has 1 aromatic rings. The first kappa shape index (κ1) is 13.7. The Morgan fingerprint density at radius 1 is 1.12 bits per heavy atom. The fourth-order valence-corrected chi connectivity index (χ4v) is 2.76. The number of hydrogen-bond donors (Lipinski definition) is 0. The minimum atomic E-state index is -3.34. The van der Waals surface area contributed by atoms with Crippen LogP contribution in [0.15, 0.2) is 11.0 Å². The van der Waals surface area contributed by atoms with E-state index in [1.54, 1.807) is 20.8 Å². The van der Waals surface area contributed by atoms with E-state index in [1.807, 2.05) is 0 Å². The summed E-state index contributed by atoms with van der Waals surface area (Å²) in [6.45, 7) is 5.31. The van der Waals surface area contributed by atoms with Crippen molar-refractivity contribution < 1.29 is 17.9 Å². The largest absolute Gasteiger partial charge is 0.465 e. The van der Waals surface area contributed by atoms with Crippen LogP contribution in [0.2, 0.25) is 0 Å². The van der Waals surface area contributed by atoms with Crippen LogP contribution in [-0.2, 0) is 14.6 Å². The van der Waals surface area contributed by atoms with Crippen molar-refractivity contribution in [2.45, 2.75) is 25.7 Å². The van der Waals surface area contributed by atoms with Crippen LogP contribution < -0.4 is 0 Å². The molecule has 0 amide bonds. The number of hydrogen-bond acceptors (Lipinski definition) is 4. The van der Waals surface area contributed by atoms with Gasteiger partial charge < -0.3 is 4.74 Å². The second-order valence-corrected chi connectivity index (χ2v) is 6.05. The van der Waals surface area contributed by atoms with Gasteiger partial charge in [-0.15, -0.1) is 0 Å². The van der Waals surface area contributed by atoms with Crippen molar-refractivity contribution in [2.24, 2.45) is 0 Å². The van der Waals surface area contributed by atoms with Gasteiger partial charge in [0.05, 0.1) is 17.6 Å². The molecule has 0 unspecified atom stereocenters. The van der Waals surface area contributed by atoms with E-state index < -0.39 is 15.8 Å². The van der Waals surface area contributed by atoms with Crippen LogP contribution in [0.5, 0.6) is 0 Å². The van der Waals surface area contributed by atoms with Crippen molar-refractivity contribution in [1.29, 1.82) is 0 Å². The molecule has 0 aliphatic carbocycles. The van der Waals surface area contributed by atoms with Crippen molar-refractivity contribution in [1.82, 2.24) is 0 Å². The molecule has 0 aromatic heterocycles. The van der Waals surface area contributed by atoms with Crippen LogP contribution in [0.1, 0.15) is 27.0 Å². The van der Waals surface area contributed by atoms with Gasteiger partial charge in [0.15, 0.2) is 9.84 Å². The van der Waals surface area contributed by atoms with Crippen molar-refractivity contribution in [3.05, 3.63) is 28.3 Å². The highest BCUT2D eigenvalue weighted by atomic mass is 32.2. The molecule has 0 saturated carbocycles. The molecule has 5 heteroatoms. The Labute approximate surface area is 102 Å². The summed E-state index contributed by atoms with van der Waals surface area (Å²) in [6.07, 6.45) is 1.13. The smallest absolute Gasteiger partial charge is 0.338 e. The topological polar surface area (TPSA) is 60.4 Å². The van der Waals surface area contributed by atoms with E-state index in [4.69, 9.17) is 0 Å². The van der Waals surface area contributed by atoms with Crippen molar-refractivity contribution >= 4 is 15.8 Å². The molecule has 0 aliphatic rings. The molecule has 0 N–H and O–H groups in total. The highest BCUT2D eigenvalue weighted by Gasteiger charge is 2.20. The zero-order valence-electron chi connectivity index (χ0n) is 10.6. The Morgan fingerprint density at radius 3 is 2.06 bits per heavy atom. The third kappa shape index (κ3) is 2.49. The Kier molecular flexibility index (Phi) is 3.62. The van der Waals surface area contributed by atoms with Gasteiger partial charge in [-0.25, -0.2) is 13.2 Å². The van der Waals surface area contributed by atoms with E-state index in [9.17, 15) is 13.2 Å². The van der Waals surface area contributed by atoms with Crippen LogP contribution in [0, 0.1) is 20.8 Å². The van der Waals surface area contributed by atoms with Crippen LogP contribution in [-0.4, -0.2) is 27.8 Å². The maximum Gasteiger partial charge on any atom is 0.338 e. The van der Waals surface area contributed by atoms with Gasteiger partial charge in [0.2, 0.25) is 0 Å². The predicted octanol–water partition coefficient (Wildman–Crippen LogP) is 1.80. The maximum absolute atomic E-state index is 11.6. The van der Waals surface area contributed by atoms with Crippen molar-refractivity contribution in [3.8, 4) is 0 Å². The molecule has 1 rings (SSSR count). The SMILES string of the molecule is COC(=O)c1cc(S(C)(=O)=O)c(C)c(C)c1C. The van der Waals surface area contributed by atoms with E-state index in [0.29, 0.717) is 11.1 Å². The Balaban J connectivity index is 3.68. The molecule has 0 bridgehead atoms. The molecule has 4 nitrogen and oxygen atoms in total. The first-order chi connectivity index (χ1) is 7.70. The van der Waals surface area contributed by atoms with Crippen LogP contribution in [0.3, 0.4) is 0 Å². The van der Waals surface area contributed by atoms with Gasteiger partial charge in [0.25, 0.3) is 0 Å². The molecule has 0 spiro atoms. The normalized spacial score (nSPS) is 11.4. The number of sulfone groups is 1. The molecule has 0 heterocycles. The summed E-state index contributed by atoms with van der Waals surface area (Å²) in [4.78, 5) is 11.7. The molecule has 0 saturated heterocycles. The second kappa shape index (κ2) is 4.49. The van der Waals surface area contributed by atoms with E-state index in [2.05, 4.69) is 4.74 Å². The third-order valence-electron chi connectivity index (χ3n) is 2.98. The molecular weight excluding hydrogens is 240 g/mol. The lowest BCUT2D eigenvalue weighted by atomic mass is 9.99. The number of carbonyl (C=O) groups excluding carboxylic acids is 1. The summed E-state index contributed by atoms with van der Waals surface area (Å²) in [5, 5.41) is 0. The van der Waals surface area contributed by atoms with Gasteiger partial charge in [0.1, 0.15) is 0 Å². The van der Waals surface area contributed by atoms with Gasteiger partial charge in [-0.05, 0) is 43.5 Å². The second-order valence-electron chi connectivity index (χ2n) is 4.06. The standard InChI is InChI=1S/C12H16O4S/c1-7-8(2)10(12(13)16-4)6-11(9(7)3)17(5,14)15/h6H,1-5H3. The zero-order chi connectivity index (χ0) is 13.4. The molecule has 1 aromatic carbocycles. The average Bonchev–Trinajstić information content (AvgIpc) is 2.23. The molecule has 0 atom stereocenters.